The number of rotatable bonds is 5. The van der Waals surface area contributed by atoms with E-state index in [0.29, 0.717) is 17.0 Å². The van der Waals surface area contributed by atoms with E-state index < -0.39 is 24.0 Å². The molecule has 0 spiro atoms. The van der Waals surface area contributed by atoms with Gasteiger partial charge in [0.2, 0.25) is 5.60 Å². The average molecular weight is 293 g/mol. The van der Waals surface area contributed by atoms with Gasteiger partial charge in [0.25, 0.3) is 0 Å². The van der Waals surface area contributed by atoms with E-state index in [9.17, 15) is 14.7 Å². The molecule has 0 aromatic heterocycles. The quantitative estimate of drug-likeness (QED) is 0.820. The van der Waals surface area contributed by atoms with Gasteiger partial charge >= 0.3 is 11.9 Å². The van der Waals surface area contributed by atoms with Gasteiger partial charge in [-0.15, -0.1) is 0 Å². The predicted octanol–water partition coefficient (Wildman–Crippen LogP) is 1.21. The molecule has 7 nitrogen and oxygen atoms in total. The van der Waals surface area contributed by atoms with Crippen molar-refractivity contribution in [3.05, 3.63) is 29.8 Å². The van der Waals surface area contributed by atoms with Crippen LogP contribution < -0.4 is 4.74 Å². The van der Waals surface area contributed by atoms with E-state index in [2.05, 4.69) is 9.89 Å². The number of carboxylic acids is 1. The Morgan fingerprint density at radius 1 is 1.33 bits per heavy atom. The van der Waals surface area contributed by atoms with Gasteiger partial charge in [-0.25, -0.2) is 4.79 Å². The number of carbonyl (C=O) groups is 2. The molecule has 1 unspecified atom stereocenters. The second kappa shape index (κ2) is 5.82. The van der Waals surface area contributed by atoms with E-state index in [1.54, 1.807) is 31.4 Å². The van der Waals surface area contributed by atoms with Crippen molar-refractivity contribution in [3.63, 3.8) is 0 Å². The first kappa shape index (κ1) is 14.8. The number of carboxylic acid groups (broad SMARTS) is 1. The van der Waals surface area contributed by atoms with Crippen molar-refractivity contribution >= 4 is 17.7 Å². The second-order valence-electron chi connectivity index (χ2n) is 4.59. The van der Waals surface area contributed by atoms with Gasteiger partial charge < -0.3 is 19.4 Å². The van der Waals surface area contributed by atoms with Crippen LogP contribution in [0.1, 0.15) is 18.4 Å². The summed E-state index contributed by atoms with van der Waals surface area (Å²) in [5, 5.41) is 13.1. The van der Waals surface area contributed by atoms with Crippen LogP contribution >= 0.6 is 0 Å². The predicted molar refractivity (Wildman–Crippen MR) is 72.2 cm³/mol. The molecule has 1 aliphatic rings. The summed E-state index contributed by atoms with van der Waals surface area (Å²) in [5.41, 5.74) is -0.532. The van der Waals surface area contributed by atoms with Crippen molar-refractivity contribution in [2.45, 2.75) is 18.4 Å². The molecule has 7 heteroatoms. The maximum atomic E-state index is 11.4. The number of ether oxygens (including phenoxy) is 2. The second-order valence-corrected chi connectivity index (χ2v) is 4.59. The monoisotopic (exact) mass is 293 g/mol. The fraction of sp³-hybridized carbons (Fsp3) is 0.357. The summed E-state index contributed by atoms with van der Waals surface area (Å²) in [6.07, 6.45) is -0.411. The van der Waals surface area contributed by atoms with E-state index in [4.69, 9.17) is 9.57 Å². The highest BCUT2D eigenvalue weighted by atomic mass is 16.7. The molecular formula is C14H15NO6. The molecule has 1 aliphatic heterocycles. The van der Waals surface area contributed by atoms with Gasteiger partial charge in [0, 0.05) is 6.42 Å². The van der Waals surface area contributed by atoms with E-state index >= 15 is 0 Å². The molecule has 21 heavy (non-hydrogen) atoms. The highest BCUT2D eigenvalue weighted by molar-refractivity contribution is 6.05. The highest BCUT2D eigenvalue weighted by Crippen LogP contribution is 2.31. The molecule has 0 radical (unpaired) electrons. The molecule has 1 heterocycles. The molecule has 0 bridgehead atoms. The van der Waals surface area contributed by atoms with Crippen LogP contribution in [0.15, 0.2) is 29.4 Å². The minimum absolute atomic E-state index is 0.0102. The van der Waals surface area contributed by atoms with Crippen molar-refractivity contribution in [2.24, 2.45) is 5.16 Å². The average Bonchev–Trinajstić information content (AvgIpc) is 2.92. The fourth-order valence-corrected chi connectivity index (χ4v) is 2.01. The molecular weight excluding hydrogens is 278 g/mol. The Morgan fingerprint density at radius 2 is 2.00 bits per heavy atom. The van der Waals surface area contributed by atoms with Crippen LogP contribution in [0.5, 0.6) is 5.75 Å². The lowest BCUT2D eigenvalue weighted by atomic mass is 9.91. The Morgan fingerprint density at radius 3 is 2.52 bits per heavy atom. The van der Waals surface area contributed by atoms with Gasteiger partial charge in [0.1, 0.15) is 5.75 Å². The third kappa shape index (κ3) is 2.96. The van der Waals surface area contributed by atoms with E-state index in [1.165, 1.54) is 7.11 Å². The highest BCUT2D eigenvalue weighted by Gasteiger charge is 2.49. The van der Waals surface area contributed by atoms with Crippen LogP contribution in [0, 0.1) is 0 Å². The summed E-state index contributed by atoms with van der Waals surface area (Å²) in [5.74, 6) is -1.24. The number of esters is 1. The molecule has 112 valence electrons. The smallest absolute Gasteiger partial charge is 0.351 e. The van der Waals surface area contributed by atoms with Crippen molar-refractivity contribution in [3.8, 4) is 5.75 Å². The number of oxime groups is 1. The maximum Gasteiger partial charge on any atom is 0.351 e. The zero-order chi connectivity index (χ0) is 15.5. The molecule has 0 saturated carbocycles. The molecule has 1 aromatic rings. The number of methoxy groups -OCH3 is 2. The van der Waals surface area contributed by atoms with Gasteiger partial charge in [-0.2, -0.15) is 0 Å². The molecule has 0 amide bonds. The zero-order valence-corrected chi connectivity index (χ0v) is 11.7. The SMILES string of the molecule is COC(=O)CC1(C(=O)O)CC(c2ccc(OC)cc2)=NO1. The van der Waals surface area contributed by atoms with Crippen molar-refractivity contribution < 1.29 is 29.0 Å². The Labute approximate surface area is 121 Å². The Kier molecular flexibility index (Phi) is 4.11. The van der Waals surface area contributed by atoms with Crippen molar-refractivity contribution in [1.82, 2.24) is 0 Å². The van der Waals surface area contributed by atoms with Gasteiger partial charge in [0.15, 0.2) is 0 Å². The lowest BCUT2D eigenvalue weighted by Crippen LogP contribution is -2.41. The number of aliphatic carboxylic acids is 1. The van der Waals surface area contributed by atoms with Crippen LogP contribution in [0.4, 0.5) is 0 Å². The number of nitrogens with zero attached hydrogens (tertiary/aromatic N) is 1. The lowest BCUT2D eigenvalue weighted by Gasteiger charge is -2.19. The van der Waals surface area contributed by atoms with Crippen LogP contribution in [0.25, 0.3) is 0 Å². The number of hydrogen-bond acceptors (Lipinski definition) is 6. The summed E-state index contributed by atoms with van der Waals surface area (Å²) in [6, 6.07) is 6.96. The Hall–Kier alpha value is -2.57. The number of carbonyl (C=O) groups excluding carboxylic acids is 1. The number of hydrogen-bond donors (Lipinski definition) is 1. The van der Waals surface area contributed by atoms with Crippen LogP contribution in [0.3, 0.4) is 0 Å². The van der Waals surface area contributed by atoms with Crippen LogP contribution in [-0.2, 0) is 19.2 Å². The summed E-state index contributed by atoms with van der Waals surface area (Å²) in [4.78, 5) is 27.9. The lowest BCUT2D eigenvalue weighted by molar-refractivity contribution is -0.170. The van der Waals surface area contributed by atoms with Gasteiger partial charge in [-0.05, 0) is 29.8 Å². The van der Waals surface area contributed by atoms with Gasteiger partial charge in [-0.3, -0.25) is 4.79 Å². The summed E-state index contributed by atoms with van der Waals surface area (Å²) in [7, 11) is 2.75. The topological polar surface area (TPSA) is 94.4 Å². The van der Waals surface area contributed by atoms with Crippen LogP contribution in [0.2, 0.25) is 0 Å². The van der Waals surface area contributed by atoms with Crippen molar-refractivity contribution in [2.75, 3.05) is 14.2 Å². The van der Waals surface area contributed by atoms with Crippen molar-refractivity contribution in [1.29, 1.82) is 0 Å². The molecule has 2 rings (SSSR count). The molecule has 1 aromatic carbocycles. The summed E-state index contributed by atoms with van der Waals surface area (Å²) in [6.45, 7) is 0. The number of benzene rings is 1. The van der Waals surface area contributed by atoms with E-state index in [0.717, 1.165) is 0 Å². The molecule has 1 atom stereocenters. The third-order valence-corrected chi connectivity index (χ3v) is 3.25. The largest absolute Gasteiger partial charge is 0.497 e. The van der Waals surface area contributed by atoms with Gasteiger partial charge in [-0.1, -0.05) is 5.16 Å². The van der Waals surface area contributed by atoms with Crippen LogP contribution in [-0.4, -0.2) is 42.6 Å². The Bertz CT molecular complexity index is 580. The maximum absolute atomic E-state index is 11.4. The van der Waals surface area contributed by atoms with E-state index in [-0.39, 0.29) is 6.42 Å². The van der Waals surface area contributed by atoms with Gasteiger partial charge in [0.05, 0.1) is 26.4 Å². The fourth-order valence-electron chi connectivity index (χ4n) is 2.01. The molecule has 0 fully saturated rings. The first-order valence-corrected chi connectivity index (χ1v) is 6.20. The van der Waals surface area contributed by atoms with E-state index in [1.807, 2.05) is 0 Å². The normalized spacial score (nSPS) is 20.4. The minimum Gasteiger partial charge on any atom is -0.497 e. The first-order valence-electron chi connectivity index (χ1n) is 6.20. The molecule has 1 N–H and O–H groups in total. The minimum atomic E-state index is -1.71. The summed E-state index contributed by atoms with van der Waals surface area (Å²) < 4.78 is 9.56. The standard InChI is InChI=1S/C14H15NO6/c1-19-10-5-3-9(4-6-10)11-7-14(13(17)18,21-15-11)8-12(16)20-2/h3-6H,7-8H2,1-2H3,(H,17,18). The zero-order valence-electron chi connectivity index (χ0n) is 11.7. The third-order valence-electron chi connectivity index (χ3n) is 3.25. The summed E-state index contributed by atoms with van der Waals surface area (Å²) >= 11 is 0. The molecule has 0 saturated heterocycles. The first-order chi connectivity index (χ1) is 10.0. The molecule has 0 aliphatic carbocycles. The Balaban J connectivity index is 2.18.